The van der Waals surface area contributed by atoms with Gasteiger partial charge in [0, 0.05) is 11.3 Å². The largest absolute Gasteiger partial charge is 0.497 e. The van der Waals surface area contributed by atoms with Crippen molar-refractivity contribution in [2.24, 2.45) is 0 Å². The van der Waals surface area contributed by atoms with Gasteiger partial charge in [0.05, 0.1) is 18.4 Å². The van der Waals surface area contributed by atoms with E-state index in [1.54, 1.807) is 67.8 Å². The second-order valence-electron chi connectivity index (χ2n) is 7.13. The molecule has 0 bridgehead atoms. The SMILES string of the molecule is COc1ccc(NC(=O)c2ccccc2NC(=O)c2ccc(-c3ccccc3)cc2)cc1. The normalized spacial score (nSPS) is 10.3. The fraction of sp³-hybridized carbons (Fsp3) is 0.0370. The molecule has 5 nitrogen and oxygen atoms in total. The van der Waals surface area contributed by atoms with Crippen molar-refractivity contribution >= 4 is 23.2 Å². The number of carbonyl (C=O) groups excluding carboxylic acids is 2. The van der Waals surface area contributed by atoms with Crippen LogP contribution in [0, 0.1) is 0 Å². The Morgan fingerprint density at radius 1 is 0.625 bits per heavy atom. The van der Waals surface area contributed by atoms with Crippen LogP contribution >= 0.6 is 0 Å². The van der Waals surface area contributed by atoms with Gasteiger partial charge in [0.2, 0.25) is 0 Å². The zero-order chi connectivity index (χ0) is 22.3. The van der Waals surface area contributed by atoms with Gasteiger partial charge in [-0.1, -0.05) is 54.6 Å². The molecule has 0 aromatic heterocycles. The number of rotatable bonds is 6. The van der Waals surface area contributed by atoms with Gasteiger partial charge in [-0.3, -0.25) is 9.59 Å². The lowest BCUT2D eigenvalue weighted by atomic mass is 10.0. The Hall–Kier alpha value is -4.38. The molecule has 0 spiro atoms. The Bertz CT molecular complexity index is 1220. The van der Waals surface area contributed by atoms with Crippen LogP contribution in [-0.4, -0.2) is 18.9 Å². The minimum absolute atomic E-state index is 0.283. The van der Waals surface area contributed by atoms with E-state index in [9.17, 15) is 9.59 Å². The number of hydrogen-bond acceptors (Lipinski definition) is 3. The molecule has 0 aliphatic heterocycles. The van der Waals surface area contributed by atoms with Crippen LogP contribution in [-0.2, 0) is 0 Å². The fourth-order valence-electron chi connectivity index (χ4n) is 3.30. The lowest BCUT2D eigenvalue weighted by Crippen LogP contribution is -2.18. The number of nitrogens with one attached hydrogen (secondary N) is 2. The van der Waals surface area contributed by atoms with Gasteiger partial charge in [-0.2, -0.15) is 0 Å². The smallest absolute Gasteiger partial charge is 0.257 e. The molecule has 0 saturated heterocycles. The summed E-state index contributed by atoms with van der Waals surface area (Å²) in [5.41, 5.74) is 4.07. The zero-order valence-electron chi connectivity index (χ0n) is 17.5. The Balaban J connectivity index is 1.48. The first kappa shape index (κ1) is 20.9. The average molecular weight is 422 g/mol. The van der Waals surface area contributed by atoms with Crippen LogP contribution in [0.15, 0.2) is 103 Å². The summed E-state index contributed by atoms with van der Waals surface area (Å²) in [4.78, 5) is 25.6. The van der Waals surface area contributed by atoms with E-state index < -0.39 is 0 Å². The van der Waals surface area contributed by atoms with Crippen LogP contribution in [0.25, 0.3) is 11.1 Å². The predicted molar refractivity (Wildman–Crippen MR) is 127 cm³/mol. The van der Waals surface area contributed by atoms with Crippen LogP contribution in [0.4, 0.5) is 11.4 Å². The summed E-state index contributed by atoms with van der Waals surface area (Å²) < 4.78 is 5.14. The van der Waals surface area contributed by atoms with E-state index in [2.05, 4.69) is 10.6 Å². The van der Waals surface area contributed by atoms with E-state index in [1.165, 1.54) is 0 Å². The Morgan fingerprint density at radius 2 is 1.25 bits per heavy atom. The molecule has 4 aromatic carbocycles. The quantitative estimate of drug-likeness (QED) is 0.409. The van der Waals surface area contributed by atoms with Crippen molar-refractivity contribution < 1.29 is 14.3 Å². The zero-order valence-corrected chi connectivity index (χ0v) is 17.5. The monoisotopic (exact) mass is 422 g/mol. The van der Waals surface area contributed by atoms with E-state index >= 15 is 0 Å². The van der Waals surface area contributed by atoms with Crippen molar-refractivity contribution in [1.82, 2.24) is 0 Å². The summed E-state index contributed by atoms with van der Waals surface area (Å²) in [5.74, 6) is 0.105. The molecular formula is C27H22N2O3. The lowest BCUT2D eigenvalue weighted by Gasteiger charge is -2.12. The Kier molecular flexibility index (Phi) is 6.28. The summed E-state index contributed by atoms with van der Waals surface area (Å²) in [6.07, 6.45) is 0. The molecule has 0 heterocycles. The number of hydrogen-bond donors (Lipinski definition) is 2. The van der Waals surface area contributed by atoms with Crippen LogP contribution < -0.4 is 15.4 Å². The summed E-state index contributed by atoms with van der Waals surface area (Å²) in [6, 6.07) is 31.3. The molecule has 4 aromatic rings. The first-order valence-electron chi connectivity index (χ1n) is 10.2. The van der Waals surface area contributed by atoms with Crippen LogP contribution in [0.2, 0.25) is 0 Å². The van der Waals surface area contributed by atoms with Crippen molar-refractivity contribution in [3.8, 4) is 16.9 Å². The maximum atomic E-state index is 12.8. The second kappa shape index (κ2) is 9.62. The maximum absolute atomic E-state index is 12.8. The summed E-state index contributed by atoms with van der Waals surface area (Å²) in [5, 5.41) is 5.69. The van der Waals surface area contributed by atoms with Crippen LogP contribution in [0.1, 0.15) is 20.7 Å². The number of methoxy groups -OCH3 is 1. The van der Waals surface area contributed by atoms with E-state index in [0.717, 1.165) is 11.1 Å². The van der Waals surface area contributed by atoms with Gasteiger partial charge >= 0.3 is 0 Å². The van der Waals surface area contributed by atoms with Gasteiger partial charge in [0.1, 0.15) is 5.75 Å². The first-order valence-corrected chi connectivity index (χ1v) is 10.2. The number of para-hydroxylation sites is 1. The van der Waals surface area contributed by atoms with Crippen LogP contribution in [0.5, 0.6) is 5.75 Å². The highest BCUT2D eigenvalue weighted by atomic mass is 16.5. The molecule has 4 rings (SSSR count). The lowest BCUT2D eigenvalue weighted by molar-refractivity contribution is 0.102. The van der Waals surface area contributed by atoms with E-state index in [1.807, 2.05) is 42.5 Å². The number of carbonyl (C=O) groups is 2. The molecule has 2 N–H and O–H groups in total. The van der Waals surface area contributed by atoms with Crippen molar-refractivity contribution in [2.45, 2.75) is 0 Å². The number of ether oxygens (including phenoxy) is 1. The minimum atomic E-state index is -0.314. The molecule has 5 heteroatoms. The molecule has 0 atom stereocenters. The van der Waals surface area contributed by atoms with E-state index in [-0.39, 0.29) is 11.8 Å². The summed E-state index contributed by atoms with van der Waals surface area (Å²) in [7, 11) is 1.59. The molecule has 158 valence electrons. The van der Waals surface area contributed by atoms with Gasteiger partial charge in [0.15, 0.2) is 0 Å². The Morgan fingerprint density at radius 3 is 1.94 bits per heavy atom. The van der Waals surface area contributed by atoms with Gasteiger partial charge < -0.3 is 15.4 Å². The van der Waals surface area contributed by atoms with Crippen molar-refractivity contribution in [3.05, 3.63) is 114 Å². The number of benzene rings is 4. The van der Waals surface area contributed by atoms with Gasteiger partial charge in [-0.15, -0.1) is 0 Å². The third-order valence-corrected chi connectivity index (χ3v) is 5.02. The minimum Gasteiger partial charge on any atom is -0.497 e. The van der Waals surface area contributed by atoms with Gasteiger partial charge in [0.25, 0.3) is 11.8 Å². The molecule has 0 saturated carbocycles. The van der Waals surface area contributed by atoms with Crippen LogP contribution in [0.3, 0.4) is 0 Å². The molecule has 0 unspecified atom stereocenters. The maximum Gasteiger partial charge on any atom is 0.257 e. The highest BCUT2D eigenvalue weighted by Crippen LogP contribution is 2.22. The van der Waals surface area contributed by atoms with E-state index in [0.29, 0.717) is 28.3 Å². The summed E-state index contributed by atoms with van der Waals surface area (Å²) >= 11 is 0. The molecule has 0 radical (unpaired) electrons. The van der Waals surface area contributed by atoms with Crippen molar-refractivity contribution in [2.75, 3.05) is 17.7 Å². The molecule has 0 aliphatic rings. The van der Waals surface area contributed by atoms with Crippen molar-refractivity contribution in [3.63, 3.8) is 0 Å². The highest BCUT2D eigenvalue weighted by molar-refractivity contribution is 6.12. The molecule has 0 fully saturated rings. The fourth-order valence-corrected chi connectivity index (χ4v) is 3.30. The predicted octanol–water partition coefficient (Wildman–Crippen LogP) is 5.87. The second-order valence-corrected chi connectivity index (χ2v) is 7.13. The van der Waals surface area contributed by atoms with Gasteiger partial charge in [-0.05, 0) is 59.7 Å². The topological polar surface area (TPSA) is 67.4 Å². The average Bonchev–Trinajstić information content (AvgIpc) is 2.85. The third kappa shape index (κ3) is 4.84. The van der Waals surface area contributed by atoms with Gasteiger partial charge in [-0.25, -0.2) is 0 Å². The standard InChI is InChI=1S/C27H22N2O3/c1-32-23-17-15-22(16-18-23)28-27(31)24-9-5-6-10-25(24)29-26(30)21-13-11-20(12-14-21)19-7-3-2-4-8-19/h2-18H,1H3,(H,28,31)(H,29,30). The molecule has 32 heavy (non-hydrogen) atoms. The van der Waals surface area contributed by atoms with Crippen molar-refractivity contribution in [1.29, 1.82) is 0 Å². The Labute approximate surface area is 186 Å². The molecule has 2 amide bonds. The number of amides is 2. The van der Waals surface area contributed by atoms with E-state index in [4.69, 9.17) is 4.74 Å². The molecule has 0 aliphatic carbocycles. The highest BCUT2D eigenvalue weighted by Gasteiger charge is 2.14. The third-order valence-electron chi connectivity index (χ3n) is 5.02. The first-order chi connectivity index (χ1) is 15.6. The number of anilines is 2. The summed E-state index contributed by atoms with van der Waals surface area (Å²) in [6.45, 7) is 0. The molecular weight excluding hydrogens is 400 g/mol.